The molecule has 3 N–H and O–H groups in total. The average Bonchev–Trinajstić information content (AvgIpc) is 2.39. The van der Waals surface area contributed by atoms with E-state index in [9.17, 15) is 14.4 Å². The van der Waals surface area contributed by atoms with Crippen LogP contribution in [0.4, 0.5) is 5.69 Å². The van der Waals surface area contributed by atoms with E-state index in [2.05, 4.69) is 10.6 Å². The van der Waals surface area contributed by atoms with E-state index in [1.807, 2.05) is 0 Å². The lowest BCUT2D eigenvalue weighted by atomic mass is 10.2. The fourth-order valence-electron chi connectivity index (χ4n) is 1.79. The molecule has 0 aliphatic carbocycles. The summed E-state index contributed by atoms with van der Waals surface area (Å²) in [6.07, 6.45) is -0.0871. The quantitative estimate of drug-likeness (QED) is 0.782. The molecule has 0 fully saturated rings. The van der Waals surface area contributed by atoms with Gasteiger partial charge in [-0.05, 0) is 25.1 Å². The fourth-order valence-corrected chi connectivity index (χ4v) is 3.05. The highest BCUT2D eigenvalue weighted by atomic mass is 35.5. The number of carboxylic acids is 1. The molecule has 1 aromatic carbocycles. The molecule has 0 bridgehead atoms. The Balaban J connectivity index is 2.02. The lowest BCUT2D eigenvalue weighted by Crippen LogP contribution is -2.41. The third-order valence-corrected chi connectivity index (χ3v) is 4.39. The van der Waals surface area contributed by atoms with Crippen LogP contribution in [0.1, 0.15) is 13.3 Å². The zero-order chi connectivity index (χ0) is 15.6. The van der Waals surface area contributed by atoms with Gasteiger partial charge in [0.25, 0.3) is 0 Å². The van der Waals surface area contributed by atoms with Gasteiger partial charge in [-0.15, -0.1) is 11.8 Å². The Morgan fingerprint density at radius 1 is 1.52 bits per heavy atom. The number of hydrogen-bond donors (Lipinski definition) is 3. The van der Waals surface area contributed by atoms with Crippen LogP contribution in [-0.4, -0.2) is 34.2 Å². The summed E-state index contributed by atoms with van der Waals surface area (Å²) in [5.74, 6) is -1.90. The molecule has 2 amide bonds. The molecule has 0 radical (unpaired) electrons. The van der Waals surface area contributed by atoms with Gasteiger partial charge in [-0.3, -0.25) is 14.4 Å². The zero-order valence-electron chi connectivity index (χ0n) is 11.1. The Morgan fingerprint density at radius 3 is 2.90 bits per heavy atom. The number of nitrogens with one attached hydrogen (secondary N) is 2. The number of amides is 2. The minimum atomic E-state index is -1.12. The smallest absolute Gasteiger partial charge is 0.325 e. The molecule has 0 aromatic heterocycles. The monoisotopic (exact) mass is 328 g/mol. The first kappa shape index (κ1) is 15.7. The van der Waals surface area contributed by atoms with Crippen molar-refractivity contribution in [3.8, 4) is 0 Å². The first-order chi connectivity index (χ1) is 9.86. The van der Waals surface area contributed by atoms with Gasteiger partial charge in [0, 0.05) is 16.3 Å². The standard InChI is InChI=1S/C13H13ClN2O4S/c1-6(13(19)20)15-11(17)5-10-12(18)16-8-4-7(14)2-3-9(8)21-10/h2-4,6,10H,5H2,1H3,(H,15,17)(H,16,18)(H,19,20). The van der Waals surface area contributed by atoms with Gasteiger partial charge in [0.15, 0.2) is 0 Å². The van der Waals surface area contributed by atoms with E-state index < -0.39 is 23.2 Å². The molecule has 0 spiro atoms. The van der Waals surface area contributed by atoms with Gasteiger partial charge in [-0.25, -0.2) is 0 Å². The lowest BCUT2D eigenvalue weighted by molar-refractivity contribution is -0.141. The Bertz CT molecular complexity index is 608. The van der Waals surface area contributed by atoms with Crippen molar-refractivity contribution in [3.63, 3.8) is 0 Å². The van der Waals surface area contributed by atoms with Crippen LogP contribution in [0.15, 0.2) is 23.1 Å². The molecule has 2 unspecified atom stereocenters. The summed E-state index contributed by atoms with van der Waals surface area (Å²) in [7, 11) is 0. The number of thioether (sulfide) groups is 1. The molecule has 8 heteroatoms. The summed E-state index contributed by atoms with van der Waals surface area (Å²) in [5.41, 5.74) is 0.619. The summed E-state index contributed by atoms with van der Waals surface area (Å²) in [6.45, 7) is 1.37. The van der Waals surface area contributed by atoms with Crippen LogP contribution in [0.3, 0.4) is 0 Å². The molecule has 1 aliphatic rings. The predicted molar refractivity (Wildman–Crippen MR) is 79.6 cm³/mol. The highest BCUT2D eigenvalue weighted by Gasteiger charge is 2.29. The van der Waals surface area contributed by atoms with E-state index in [0.29, 0.717) is 10.7 Å². The molecular formula is C13H13ClN2O4S. The number of benzene rings is 1. The van der Waals surface area contributed by atoms with Crippen LogP contribution in [0.2, 0.25) is 5.02 Å². The van der Waals surface area contributed by atoms with Crippen molar-refractivity contribution >= 4 is 46.8 Å². The minimum absolute atomic E-state index is 0.0871. The fraction of sp³-hybridized carbons (Fsp3) is 0.308. The molecule has 0 saturated carbocycles. The molecule has 1 heterocycles. The highest BCUT2D eigenvalue weighted by Crippen LogP contribution is 2.38. The molecule has 1 aromatic rings. The van der Waals surface area contributed by atoms with Gasteiger partial charge in [-0.1, -0.05) is 11.6 Å². The second-order valence-electron chi connectivity index (χ2n) is 4.57. The van der Waals surface area contributed by atoms with E-state index in [1.165, 1.54) is 18.7 Å². The van der Waals surface area contributed by atoms with Gasteiger partial charge in [0.1, 0.15) is 6.04 Å². The SMILES string of the molecule is CC(NC(=O)CC1Sc2ccc(Cl)cc2NC1=O)C(=O)O. The molecule has 1 aliphatic heterocycles. The average molecular weight is 329 g/mol. The van der Waals surface area contributed by atoms with E-state index in [1.54, 1.807) is 18.2 Å². The Labute approximate surface area is 130 Å². The van der Waals surface area contributed by atoms with Gasteiger partial charge >= 0.3 is 5.97 Å². The summed E-state index contributed by atoms with van der Waals surface area (Å²) >= 11 is 7.11. The number of fused-ring (bicyclic) bond motifs is 1. The van der Waals surface area contributed by atoms with Crippen LogP contribution in [-0.2, 0) is 14.4 Å². The number of carbonyl (C=O) groups excluding carboxylic acids is 2. The van der Waals surface area contributed by atoms with Crippen molar-refractivity contribution in [1.29, 1.82) is 0 Å². The topological polar surface area (TPSA) is 95.5 Å². The van der Waals surface area contributed by atoms with Crippen LogP contribution < -0.4 is 10.6 Å². The minimum Gasteiger partial charge on any atom is -0.480 e. The maximum atomic E-state index is 12.0. The van der Waals surface area contributed by atoms with Crippen molar-refractivity contribution < 1.29 is 19.5 Å². The first-order valence-electron chi connectivity index (χ1n) is 6.16. The molecule has 2 atom stereocenters. The number of carbonyl (C=O) groups is 3. The van der Waals surface area contributed by atoms with Crippen LogP contribution >= 0.6 is 23.4 Å². The van der Waals surface area contributed by atoms with Crippen molar-refractivity contribution in [1.82, 2.24) is 5.32 Å². The number of halogens is 1. The van der Waals surface area contributed by atoms with Crippen molar-refractivity contribution in [2.75, 3.05) is 5.32 Å². The largest absolute Gasteiger partial charge is 0.480 e. The number of rotatable bonds is 4. The van der Waals surface area contributed by atoms with Crippen molar-refractivity contribution in [2.45, 2.75) is 29.5 Å². The number of carboxylic acid groups (broad SMARTS) is 1. The molecule has 0 saturated heterocycles. The normalized spacial score (nSPS) is 18.4. The van der Waals surface area contributed by atoms with Crippen molar-refractivity contribution in [2.24, 2.45) is 0 Å². The number of anilines is 1. The van der Waals surface area contributed by atoms with Gasteiger partial charge in [-0.2, -0.15) is 0 Å². The molecule has 112 valence electrons. The first-order valence-corrected chi connectivity index (χ1v) is 7.42. The molecule has 6 nitrogen and oxygen atoms in total. The Morgan fingerprint density at radius 2 is 2.24 bits per heavy atom. The zero-order valence-corrected chi connectivity index (χ0v) is 12.6. The summed E-state index contributed by atoms with van der Waals surface area (Å²) in [6, 6.07) is 4.13. The molecular weight excluding hydrogens is 316 g/mol. The molecule has 2 rings (SSSR count). The van der Waals surface area contributed by atoms with E-state index >= 15 is 0 Å². The third kappa shape index (κ3) is 3.89. The molecule has 21 heavy (non-hydrogen) atoms. The van der Waals surface area contributed by atoms with Crippen LogP contribution in [0.25, 0.3) is 0 Å². The lowest BCUT2D eigenvalue weighted by Gasteiger charge is -2.24. The second-order valence-corrected chi connectivity index (χ2v) is 6.25. The van der Waals surface area contributed by atoms with Crippen LogP contribution in [0, 0.1) is 0 Å². The van der Waals surface area contributed by atoms with Gasteiger partial charge < -0.3 is 15.7 Å². The number of aliphatic carboxylic acids is 1. The summed E-state index contributed by atoms with van der Waals surface area (Å²) in [5, 5.41) is 13.7. The maximum Gasteiger partial charge on any atom is 0.325 e. The Hall–Kier alpha value is -1.73. The number of hydrogen-bond acceptors (Lipinski definition) is 4. The van der Waals surface area contributed by atoms with Crippen LogP contribution in [0.5, 0.6) is 0 Å². The second kappa shape index (κ2) is 6.36. The van der Waals surface area contributed by atoms with E-state index in [-0.39, 0.29) is 12.3 Å². The summed E-state index contributed by atoms with van der Waals surface area (Å²) in [4.78, 5) is 35.2. The summed E-state index contributed by atoms with van der Waals surface area (Å²) < 4.78 is 0. The highest BCUT2D eigenvalue weighted by molar-refractivity contribution is 8.01. The van der Waals surface area contributed by atoms with Gasteiger partial charge in [0.2, 0.25) is 11.8 Å². The Kier molecular flexibility index (Phi) is 4.74. The van der Waals surface area contributed by atoms with E-state index in [0.717, 1.165) is 4.90 Å². The maximum absolute atomic E-state index is 12.0. The van der Waals surface area contributed by atoms with Gasteiger partial charge in [0.05, 0.1) is 10.9 Å². The predicted octanol–water partition coefficient (Wildman–Crippen LogP) is 1.73. The van der Waals surface area contributed by atoms with Crippen molar-refractivity contribution in [3.05, 3.63) is 23.2 Å². The third-order valence-electron chi connectivity index (χ3n) is 2.88. The van der Waals surface area contributed by atoms with E-state index in [4.69, 9.17) is 16.7 Å².